The zero-order valence-electron chi connectivity index (χ0n) is 10.8. The lowest BCUT2D eigenvalue weighted by molar-refractivity contribution is -0.169. The van der Waals surface area contributed by atoms with Crippen molar-refractivity contribution in [3.63, 3.8) is 0 Å². The van der Waals surface area contributed by atoms with Crippen LogP contribution < -0.4 is 0 Å². The number of cyclic esters (lactones) is 1. The number of carbonyl (C=O) groups is 1. The number of fused-ring (bicyclic) bond motifs is 1. The maximum atomic E-state index is 11.9. The first-order chi connectivity index (χ1) is 8.75. The highest BCUT2D eigenvalue weighted by Crippen LogP contribution is 2.44. The first-order valence-corrected chi connectivity index (χ1v) is 7.00. The Morgan fingerprint density at radius 1 is 1.17 bits per heavy atom. The maximum Gasteiger partial charge on any atom is 0.309 e. The summed E-state index contributed by atoms with van der Waals surface area (Å²) < 4.78 is 5.68. The van der Waals surface area contributed by atoms with Crippen molar-refractivity contribution in [2.75, 3.05) is 0 Å². The van der Waals surface area contributed by atoms with Gasteiger partial charge in [0, 0.05) is 6.42 Å². The summed E-state index contributed by atoms with van der Waals surface area (Å²) in [6, 6.07) is 10.4. The average Bonchev–Trinajstić information content (AvgIpc) is 2.86. The summed E-state index contributed by atoms with van der Waals surface area (Å²) >= 11 is 0. The summed E-state index contributed by atoms with van der Waals surface area (Å²) in [7, 11) is 0. The normalized spacial score (nSPS) is 35.1. The van der Waals surface area contributed by atoms with Crippen molar-refractivity contribution in [3.05, 3.63) is 35.9 Å². The van der Waals surface area contributed by atoms with E-state index >= 15 is 0 Å². The third-order valence-electron chi connectivity index (χ3n) is 4.66. The number of ether oxygens (including phenoxy) is 1. The molecule has 0 radical (unpaired) electrons. The van der Waals surface area contributed by atoms with Gasteiger partial charge in [0.1, 0.15) is 6.10 Å². The van der Waals surface area contributed by atoms with E-state index in [1.807, 2.05) is 13.0 Å². The van der Waals surface area contributed by atoms with E-state index in [0.717, 1.165) is 6.42 Å². The van der Waals surface area contributed by atoms with E-state index in [-0.39, 0.29) is 18.0 Å². The zero-order valence-corrected chi connectivity index (χ0v) is 10.8. The van der Waals surface area contributed by atoms with Gasteiger partial charge in [0.05, 0.1) is 5.92 Å². The van der Waals surface area contributed by atoms with Gasteiger partial charge in [-0.1, -0.05) is 43.7 Å². The molecule has 96 valence electrons. The van der Waals surface area contributed by atoms with Crippen molar-refractivity contribution in [2.24, 2.45) is 17.8 Å². The SMILES string of the molecule is C[C@H]1C(=O)O[C@@H](Cc2ccccc2)[C@@H]2CCC[C@@H]21. The van der Waals surface area contributed by atoms with Gasteiger partial charge in [-0.2, -0.15) is 0 Å². The van der Waals surface area contributed by atoms with Gasteiger partial charge in [-0.25, -0.2) is 0 Å². The minimum absolute atomic E-state index is 0.0130. The van der Waals surface area contributed by atoms with Crippen LogP contribution in [0.3, 0.4) is 0 Å². The van der Waals surface area contributed by atoms with Crippen LogP contribution in [0.15, 0.2) is 30.3 Å². The van der Waals surface area contributed by atoms with Gasteiger partial charge in [0.25, 0.3) is 0 Å². The Labute approximate surface area is 108 Å². The van der Waals surface area contributed by atoms with Crippen molar-refractivity contribution in [1.82, 2.24) is 0 Å². The average molecular weight is 244 g/mol. The fourth-order valence-corrected chi connectivity index (χ4v) is 3.66. The molecule has 0 bridgehead atoms. The third-order valence-corrected chi connectivity index (χ3v) is 4.66. The van der Waals surface area contributed by atoms with Crippen molar-refractivity contribution < 1.29 is 9.53 Å². The van der Waals surface area contributed by atoms with E-state index in [1.54, 1.807) is 0 Å². The van der Waals surface area contributed by atoms with Crippen LogP contribution in [0.2, 0.25) is 0 Å². The second kappa shape index (κ2) is 4.75. The molecule has 4 atom stereocenters. The Kier molecular flexibility index (Phi) is 3.11. The van der Waals surface area contributed by atoms with Crippen LogP contribution in [0.1, 0.15) is 31.7 Å². The lowest BCUT2D eigenvalue weighted by Crippen LogP contribution is -2.42. The number of rotatable bonds is 2. The predicted octanol–water partition coefficient (Wildman–Crippen LogP) is 3.21. The number of carbonyl (C=O) groups excluding carboxylic acids is 1. The summed E-state index contributed by atoms with van der Waals surface area (Å²) in [5, 5.41) is 0. The van der Waals surface area contributed by atoms with E-state index in [9.17, 15) is 4.79 Å². The lowest BCUT2D eigenvalue weighted by atomic mass is 9.78. The number of esters is 1. The summed E-state index contributed by atoms with van der Waals surface area (Å²) in [6.45, 7) is 2.03. The van der Waals surface area contributed by atoms with Crippen LogP contribution in [-0.2, 0) is 16.0 Å². The van der Waals surface area contributed by atoms with E-state index in [4.69, 9.17) is 4.74 Å². The molecule has 0 spiro atoms. The molecule has 18 heavy (non-hydrogen) atoms. The topological polar surface area (TPSA) is 26.3 Å². The molecule has 0 amide bonds. The Hall–Kier alpha value is -1.31. The van der Waals surface area contributed by atoms with Crippen molar-refractivity contribution in [1.29, 1.82) is 0 Å². The molecule has 0 N–H and O–H groups in total. The van der Waals surface area contributed by atoms with Crippen molar-refractivity contribution in [3.8, 4) is 0 Å². The predicted molar refractivity (Wildman–Crippen MR) is 70.0 cm³/mol. The second-order valence-electron chi connectivity index (χ2n) is 5.71. The third kappa shape index (κ3) is 2.05. The van der Waals surface area contributed by atoms with Crippen LogP contribution in [0.5, 0.6) is 0 Å². The van der Waals surface area contributed by atoms with Gasteiger partial charge in [0.2, 0.25) is 0 Å². The second-order valence-corrected chi connectivity index (χ2v) is 5.71. The molecule has 2 heteroatoms. The van der Waals surface area contributed by atoms with E-state index in [2.05, 4.69) is 24.3 Å². The molecule has 2 nitrogen and oxygen atoms in total. The Bertz CT molecular complexity index is 426. The zero-order chi connectivity index (χ0) is 12.5. The fraction of sp³-hybridized carbons (Fsp3) is 0.562. The van der Waals surface area contributed by atoms with Crippen molar-refractivity contribution in [2.45, 2.75) is 38.7 Å². The quantitative estimate of drug-likeness (QED) is 0.747. The van der Waals surface area contributed by atoms with Crippen LogP contribution in [0, 0.1) is 17.8 Å². The summed E-state index contributed by atoms with van der Waals surface area (Å²) in [6.07, 6.45) is 4.65. The highest BCUT2D eigenvalue weighted by atomic mass is 16.5. The number of benzene rings is 1. The Balaban J connectivity index is 1.77. The summed E-state index contributed by atoms with van der Waals surface area (Å²) in [5.74, 6) is 1.25. The summed E-state index contributed by atoms with van der Waals surface area (Å²) in [4.78, 5) is 11.9. The molecule has 1 aliphatic carbocycles. The Morgan fingerprint density at radius 3 is 2.67 bits per heavy atom. The molecule has 0 unspecified atom stereocenters. The molecular formula is C16H20O2. The van der Waals surface area contributed by atoms with Gasteiger partial charge in [-0.15, -0.1) is 0 Å². The smallest absolute Gasteiger partial charge is 0.309 e. The number of hydrogen-bond donors (Lipinski definition) is 0. The molecule has 1 aliphatic heterocycles. The van der Waals surface area contributed by atoms with Gasteiger partial charge in [0.15, 0.2) is 0 Å². The molecule has 1 heterocycles. The molecule has 2 aliphatic rings. The van der Waals surface area contributed by atoms with Crippen LogP contribution >= 0.6 is 0 Å². The highest BCUT2D eigenvalue weighted by Gasteiger charge is 2.45. The van der Waals surface area contributed by atoms with Crippen LogP contribution in [-0.4, -0.2) is 12.1 Å². The molecule has 1 aromatic carbocycles. The first kappa shape index (κ1) is 11.8. The van der Waals surface area contributed by atoms with Crippen LogP contribution in [0.25, 0.3) is 0 Å². The van der Waals surface area contributed by atoms with Gasteiger partial charge in [-0.3, -0.25) is 4.79 Å². The van der Waals surface area contributed by atoms with Crippen LogP contribution in [0.4, 0.5) is 0 Å². The van der Waals surface area contributed by atoms with Gasteiger partial charge >= 0.3 is 5.97 Å². The molecule has 1 saturated heterocycles. The number of hydrogen-bond acceptors (Lipinski definition) is 2. The molecule has 3 rings (SSSR count). The van der Waals surface area contributed by atoms with E-state index in [1.165, 1.54) is 24.8 Å². The largest absolute Gasteiger partial charge is 0.461 e. The molecule has 1 aromatic rings. The first-order valence-electron chi connectivity index (χ1n) is 7.00. The molecule has 2 fully saturated rings. The van der Waals surface area contributed by atoms with Gasteiger partial charge in [-0.05, 0) is 30.2 Å². The summed E-state index contributed by atoms with van der Waals surface area (Å²) in [5.41, 5.74) is 1.27. The van der Waals surface area contributed by atoms with E-state index < -0.39 is 0 Å². The van der Waals surface area contributed by atoms with Gasteiger partial charge < -0.3 is 4.74 Å². The minimum Gasteiger partial charge on any atom is -0.461 e. The molecule has 0 aromatic heterocycles. The maximum absolute atomic E-state index is 11.9. The molecular weight excluding hydrogens is 224 g/mol. The highest BCUT2D eigenvalue weighted by molar-refractivity contribution is 5.73. The molecule has 1 saturated carbocycles. The minimum atomic E-state index is 0.0130. The lowest BCUT2D eigenvalue weighted by Gasteiger charge is -2.37. The van der Waals surface area contributed by atoms with Crippen molar-refractivity contribution >= 4 is 5.97 Å². The monoisotopic (exact) mass is 244 g/mol. The Morgan fingerprint density at radius 2 is 1.89 bits per heavy atom. The fourth-order valence-electron chi connectivity index (χ4n) is 3.66. The van der Waals surface area contributed by atoms with E-state index in [0.29, 0.717) is 11.8 Å². The standard InChI is InChI=1S/C16H20O2/c1-11-13-8-5-9-14(13)15(18-16(11)17)10-12-6-3-2-4-7-12/h2-4,6-7,11,13-15H,5,8-10H2,1H3/t11-,13-,14-,15+/m1/s1.